The van der Waals surface area contributed by atoms with E-state index in [1.54, 1.807) is 41.5 Å². The Morgan fingerprint density at radius 3 is 2.12 bits per heavy atom. The van der Waals surface area contributed by atoms with E-state index in [-0.39, 0.29) is 18.5 Å². The van der Waals surface area contributed by atoms with E-state index in [9.17, 15) is 9.59 Å². The van der Waals surface area contributed by atoms with E-state index >= 15 is 0 Å². The van der Waals surface area contributed by atoms with Gasteiger partial charge in [-0.05, 0) is 86.3 Å². The molecule has 3 rings (SSSR count). The fraction of sp³-hybridized carbons (Fsp3) is 0.600. The average Bonchev–Trinajstić information content (AvgIpc) is 2.98. The maximum absolute atomic E-state index is 12.7. The molecular weight excluding hydrogens is 420 g/mol. The number of ether oxygens (including phenoxy) is 2. The number of rotatable bonds is 4. The summed E-state index contributed by atoms with van der Waals surface area (Å²) in [5.41, 5.74) is 2.42. The van der Waals surface area contributed by atoms with Gasteiger partial charge >= 0.3 is 12.2 Å². The standard InChI is InChI=1S/C25H36N4O4/c1-16-10-9-11-21(26-16)20-15-29(27-17(20)2)19-12-18(13-19)14-28(22(30)32-24(3,4)5)23(31)33-25(6,7)8/h9-11,15,18-19H,12-14H2,1-8H3. The molecule has 2 aromatic rings. The summed E-state index contributed by atoms with van der Waals surface area (Å²) in [5.74, 6) is 0.153. The largest absolute Gasteiger partial charge is 0.443 e. The maximum atomic E-state index is 12.7. The minimum atomic E-state index is -0.702. The van der Waals surface area contributed by atoms with Gasteiger partial charge in [0.05, 0.1) is 17.4 Å². The molecule has 0 saturated heterocycles. The molecule has 1 aliphatic carbocycles. The van der Waals surface area contributed by atoms with Gasteiger partial charge in [-0.15, -0.1) is 0 Å². The Bertz CT molecular complexity index is 982. The molecule has 0 bridgehead atoms. The van der Waals surface area contributed by atoms with Crippen LogP contribution in [0.1, 0.15) is 71.8 Å². The van der Waals surface area contributed by atoms with Crippen LogP contribution in [0.2, 0.25) is 0 Å². The summed E-state index contributed by atoms with van der Waals surface area (Å²) in [6.07, 6.45) is 2.30. The first-order chi connectivity index (χ1) is 15.2. The number of carbonyl (C=O) groups excluding carboxylic acids is 2. The number of hydrogen-bond acceptors (Lipinski definition) is 6. The van der Waals surface area contributed by atoms with Crippen molar-refractivity contribution in [2.45, 2.75) is 85.5 Å². The van der Waals surface area contributed by atoms with Crippen molar-refractivity contribution in [3.05, 3.63) is 35.8 Å². The highest BCUT2D eigenvalue weighted by atomic mass is 16.6. The lowest BCUT2D eigenvalue weighted by atomic mass is 9.80. The van der Waals surface area contributed by atoms with Gasteiger partial charge in [-0.25, -0.2) is 14.5 Å². The van der Waals surface area contributed by atoms with Gasteiger partial charge in [0.1, 0.15) is 11.2 Å². The smallest absolute Gasteiger partial charge is 0.419 e. The molecule has 1 aliphatic rings. The Labute approximate surface area is 196 Å². The van der Waals surface area contributed by atoms with Crippen LogP contribution in [0.5, 0.6) is 0 Å². The summed E-state index contributed by atoms with van der Waals surface area (Å²) in [6, 6.07) is 6.17. The Kier molecular flexibility index (Phi) is 6.86. The number of carbonyl (C=O) groups is 2. The second-order valence-corrected chi connectivity index (χ2v) is 10.8. The number of aryl methyl sites for hydroxylation is 2. The summed E-state index contributed by atoms with van der Waals surface area (Å²) in [5, 5.41) is 4.70. The van der Waals surface area contributed by atoms with Gasteiger partial charge in [-0.3, -0.25) is 9.67 Å². The normalized spacial score (nSPS) is 18.4. The minimum Gasteiger partial charge on any atom is -0.443 e. The van der Waals surface area contributed by atoms with Crippen LogP contribution in [0.4, 0.5) is 9.59 Å². The van der Waals surface area contributed by atoms with Crippen molar-refractivity contribution in [3.63, 3.8) is 0 Å². The van der Waals surface area contributed by atoms with Gasteiger partial charge in [-0.2, -0.15) is 5.10 Å². The topological polar surface area (TPSA) is 86.5 Å². The molecule has 0 unspecified atom stereocenters. The Hall–Kier alpha value is -2.90. The van der Waals surface area contributed by atoms with Crippen molar-refractivity contribution in [3.8, 4) is 11.3 Å². The number of hydrogen-bond donors (Lipinski definition) is 0. The molecule has 0 atom stereocenters. The van der Waals surface area contributed by atoms with Crippen LogP contribution in [0.3, 0.4) is 0 Å². The first-order valence-corrected chi connectivity index (χ1v) is 11.4. The first kappa shape index (κ1) is 24.7. The maximum Gasteiger partial charge on any atom is 0.419 e. The molecule has 8 nitrogen and oxygen atoms in total. The molecule has 2 aromatic heterocycles. The van der Waals surface area contributed by atoms with Crippen molar-refractivity contribution >= 4 is 12.2 Å². The lowest BCUT2D eigenvalue weighted by Gasteiger charge is -2.38. The second kappa shape index (κ2) is 9.15. The van der Waals surface area contributed by atoms with Crippen LogP contribution >= 0.6 is 0 Å². The van der Waals surface area contributed by atoms with E-state index in [2.05, 4.69) is 4.98 Å². The monoisotopic (exact) mass is 456 g/mol. The summed E-state index contributed by atoms with van der Waals surface area (Å²) in [7, 11) is 0. The summed E-state index contributed by atoms with van der Waals surface area (Å²) >= 11 is 0. The van der Waals surface area contributed by atoms with Gasteiger partial charge in [0.2, 0.25) is 0 Å². The van der Waals surface area contributed by atoms with Crippen LogP contribution < -0.4 is 0 Å². The Morgan fingerprint density at radius 1 is 1.03 bits per heavy atom. The van der Waals surface area contributed by atoms with Gasteiger partial charge in [0.25, 0.3) is 0 Å². The van der Waals surface area contributed by atoms with Crippen LogP contribution in [0, 0.1) is 19.8 Å². The third-order valence-electron chi connectivity index (χ3n) is 5.33. The van der Waals surface area contributed by atoms with Crippen LogP contribution in [0.15, 0.2) is 24.4 Å². The Morgan fingerprint density at radius 2 is 1.61 bits per heavy atom. The van der Waals surface area contributed by atoms with E-state index in [0.29, 0.717) is 0 Å². The SMILES string of the molecule is Cc1cccc(-c2cn(C3CC(CN(C(=O)OC(C)(C)C)C(=O)OC(C)(C)C)C3)nc2C)n1. The molecule has 0 spiro atoms. The zero-order valence-electron chi connectivity index (χ0n) is 21.0. The highest BCUT2D eigenvalue weighted by molar-refractivity contribution is 5.88. The van der Waals surface area contributed by atoms with Crippen molar-refractivity contribution < 1.29 is 19.1 Å². The predicted molar refractivity (Wildman–Crippen MR) is 126 cm³/mol. The molecule has 33 heavy (non-hydrogen) atoms. The number of amides is 2. The highest BCUT2D eigenvalue weighted by Crippen LogP contribution is 2.39. The molecule has 2 amide bonds. The third-order valence-corrected chi connectivity index (χ3v) is 5.33. The summed E-state index contributed by atoms with van der Waals surface area (Å²) in [4.78, 5) is 31.1. The lowest BCUT2D eigenvalue weighted by Crippen LogP contribution is -2.47. The molecule has 0 aromatic carbocycles. The number of aromatic nitrogens is 3. The molecule has 2 heterocycles. The highest BCUT2D eigenvalue weighted by Gasteiger charge is 2.38. The molecule has 0 aliphatic heterocycles. The average molecular weight is 457 g/mol. The van der Waals surface area contributed by atoms with E-state index in [1.807, 2.05) is 42.9 Å². The summed E-state index contributed by atoms with van der Waals surface area (Å²) < 4.78 is 12.9. The van der Waals surface area contributed by atoms with Crippen molar-refractivity contribution in [1.29, 1.82) is 0 Å². The third kappa shape index (κ3) is 6.55. The van der Waals surface area contributed by atoms with Crippen molar-refractivity contribution in [2.75, 3.05) is 6.54 Å². The quantitative estimate of drug-likeness (QED) is 0.588. The van der Waals surface area contributed by atoms with Crippen LogP contribution in [-0.2, 0) is 9.47 Å². The van der Waals surface area contributed by atoms with Gasteiger partial charge in [-0.1, -0.05) is 6.07 Å². The molecular formula is C25H36N4O4. The van der Waals surface area contributed by atoms with Crippen LogP contribution in [0.25, 0.3) is 11.3 Å². The van der Waals surface area contributed by atoms with E-state index in [1.165, 1.54) is 0 Å². The number of nitrogens with zero attached hydrogens (tertiary/aromatic N) is 4. The molecule has 8 heteroatoms. The van der Waals surface area contributed by atoms with Crippen molar-refractivity contribution in [1.82, 2.24) is 19.7 Å². The first-order valence-electron chi connectivity index (χ1n) is 11.4. The Balaban J connectivity index is 1.67. The molecule has 0 radical (unpaired) electrons. The summed E-state index contributed by atoms with van der Waals surface area (Å²) in [6.45, 7) is 14.9. The van der Waals surface area contributed by atoms with E-state index < -0.39 is 23.4 Å². The molecule has 0 N–H and O–H groups in total. The van der Waals surface area contributed by atoms with E-state index in [0.717, 1.165) is 40.4 Å². The van der Waals surface area contributed by atoms with E-state index in [4.69, 9.17) is 14.6 Å². The van der Waals surface area contributed by atoms with Gasteiger partial charge < -0.3 is 9.47 Å². The van der Waals surface area contributed by atoms with Gasteiger partial charge in [0, 0.05) is 24.0 Å². The van der Waals surface area contributed by atoms with Crippen LogP contribution in [-0.4, -0.2) is 49.6 Å². The fourth-order valence-corrected chi connectivity index (χ4v) is 3.79. The molecule has 1 fully saturated rings. The number of imide groups is 1. The fourth-order valence-electron chi connectivity index (χ4n) is 3.79. The zero-order valence-corrected chi connectivity index (χ0v) is 21.0. The van der Waals surface area contributed by atoms with Crippen molar-refractivity contribution in [2.24, 2.45) is 5.92 Å². The molecule has 180 valence electrons. The molecule has 1 saturated carbocycles. The number of pyridine rings is 1. The minimum absolute atomic E-state index is 0.153. The lowest BCUT2D eigenvalue weighted by molar-refractivity contribution is -0.00641. The zero-order chi connectivity index (χ0) is 24.6. The second-order valence-electron chi connectivity index (χ2n) is 10.8. The predicted octanol–water partition coefficient (Wildman–Crippen LogP) is 5.69. The van der Waals surface area contributed by atoms with Gasteiger partial charge in [0.15, 0.2) is 0 Å².